The molecule has 0 spiro atoms. The maximum Gasteiger partial charge on any atom is 0.320 e. The number of ether oxygens (including phenoxy) is 2. The lowest BCUT2D eigenvalue weighted by atomic mass is 10.2. The molecule has 0 unspecified atom stereocenters. The molecular formula is C14H20FN3O3. The van der Waals surface area contributed by atoms with Gasteiger partial charge in [0.05, 0.1) is 12.8 Å². The number of pyridine rings is 1. The van der Waals surface area contributed by atoms with Crippen molar-refractivity contribution < 1.29 is 18.7 Å². The Morgan fingerprint density at radius 3 is 3.10 bits per heavy atom. The van der Waals surface area contributed by atoms with Crippen LogP contribution in [0.15, 0.2) is 18.3 Å². The third kappa shape index (κ3) is 6.05. The average molecular weight is 297 g/mol. The first-order valence-corrected chi connectivity index (χ1v) is 7.13. The number of hydrogen-bond donors (Lipinski definition) is 2. The number of nitrogens with one attached hydrogen (secondary N) is 2. The minimum Gasteiger partial charge on any atom is -0.353 e. The fourth-order valence-corrected chi connectivity index (χ4v) is 1.94. The standard InChI is InChI=1S/C14H20FN3O3/c15-11-5-6-12(17-10-11)18-14(19)16-7-3-9-21-13-4-1-2-8-20-13/h5-6,10,13H,1-4,7-9H2,(H2,16,17,18,19)/t13-/m1/s1. The molecule has 1 saturated heterocycles. The molecule has 1 aliphatic rings. The lowest BCUT2D eigenvalue weighted by Crippen LogP contribution is -2.31. The molecule has 2 amide bonds. The van der Waals surface area contributed by atoms with Crippen LogP contribution in [-0.2, 0) is 9.47 Å². The van der Waals surface area contributed by atoms with E-state index in [4.69, 9.17) is 9.47 Å². The van der Waals surface area contributed by atoms with Gasteiger partial charge in [0.15, 0.2) is 6.29 Å². The van der Waals surface area contributed by atoms with Gasteiger partial charge in [-0.2, -0.15) is 0 Å². The number of halogens is 1. The molecule has 1 aromatic heterocycles. The van der Waals surface area contributed by atoms with Crippen molar-refractivity contribution in [3.05, 3.63) is 24.1 Å². The molecule has 2 rings (SSSR count). The summed E-state index contributed by atoms with van der Waals surface area (Å²) in [7, 11) is 0. The van der Waals surface area contributed by atoms with Gasteiger partial charge in [-0.05, 0) is 37.8 Å². The zero-order chi connectivity index (χ0) is 14.9. The Bertz CT molecular complexity index is 436. The van der Waals surface area contributed by atoms with Crippen molar-refractivity contribution in [2.24, 2.45) is 0 Å². The summed E-state index contributed by atoms with van der Waals surface area (Å²) in [6.07, 6.45) is 4.81. The first-order chi connectivity index (χ1) is 10.2. The number of amides is 2. The van der Waals surface area contributed by atoms with E-state index in [0.717, 1.165) is 32.1 Å². The predicted molar refractivity (Wildman–Crippen MR) is 75.4 cm³/mol. The van der Waals surface area contributed by atoms with Crippen LogP contribution in [0.3, 0.4) is 0 Å². The molecule has 0 bridgehead atoms. The summed E-state index contributed by atoms with van der Waals surface area (Å²) < 4.78 is 23.6. The number of anilines is 1. The van der Waals surface area contributed by atoms with Crippen molar-refractivity contribution in [2.45, 2.75) is 32.0 Å². The van der Waals surface area contributed by atoms with Crippen molar-refractivity contribution in [3.63, 3.8) is 0 Å². The van der Waals surface area contributed by atoms with Crippen LogP contribution in [0.5, 0.6) is 0 Å². The molecule has 1 aromatic rings. The maximum atomic E-state index is 12.7. The summed E-state index contributed by atoms with van der Waals surface area (Å²) in [5, 5.41) is 5.19. The van der Waals surface area contributed by atoms with Crippen LogP contribution in [0, 0.1) is 5.82 Å². The Morgan fingerprint density at radius 1 is 1.48 bits per heavy atom. The molecule has 7 heteroatoms. The average Bonchev–Trinajstić information content (AvgIpc) is 2.50. The lowest BCUT2D eigenvalue weighted by Gasteiger charge is -2.22. The molecule has 2 N–H and O–H groups in total. The van der Waals surface area contributed by atoms with E-state index in [1.807, 2.05) is 0 Å². The third-order valence-corrected chi connectivity index (χ3v) is 3.02. The molecule has 1 atom stereocenters. The minimum absolute atomic E-state index is 0.101. The van der Waals surface area contributed by atoms with Gasteiger partial charge in [-0.1, -0.05) is 0 Å². The fourth-order valence-electron chi connectivity index (χ4n) is 1.94. The van der Waals surface area contributed by atoms with E-state index in [1.54, 1.807) is 0 Å². The van der Waals surface area contributed by atoms with Gasteiger partial charge in [0, 0.05) is 13.2 Å². The maximum absolute atomic E-state index is 12.7. The van der Waals surface area contributed by atoms with Gasteiger partial charge < -0.3 is 14.8 Å². The molecule has 0 radical (unpaired) electrons. The highest BCUT2D eigenvalue weighted by atomic mass is 19.1. The quantitative estimate of drug-likeness (QED) is 0.790. The topological polar surface area (TPSA) is 72.5 Å². The van der Waals surface area contributed by atoms with Crippen LogP contribution < -0.4 is 10.6 Å². The van der Waals surface area contributed by atoms with E-state index in [9.17, 15) is 9.18 Å². The molecule has 1 fully saturated rings. The van der Waals surface area contributed by atoms with Gasteiger partial charge >= 0.3 is 6.03 Å². The Labute approximate surface area is 123 Å². The summed E-state index contributed by atoms with van der Waals surface area (Å²) in [4.78, 5) is 15.3. The van der Waals surface area contributed by atoms with Gasteiger partial charge in [-0.15, -0.1) is 0 Å². The second kappa shape index (κ2) is 8.53. The Balaban J connectivity index is 1.53. The number of rotatable bonds is 6. The van der Waals surface area contributed by atoms with Gasteiger partial charge in [-0.3, -0.25) is 5.32 Å². The Morgan fingerprint density at radius 2 is 2.38 bits per heavy atom. The molecule has 6 nitrogen and oxygen atoms in total. The molecule has 0 saturated carbocycles. The number of urea groups is 1. The van der Waals surface area contributed by atoms with Gasteiger partial charge in [0.1, 0.15) is 11.6 Å². The second-order valence-electron chi connectivity index (χ2n) is 4.76. The van der Waals surface area contributed by atoms with Crippen molar-refractivity contribution in [3.8, 4) is 0 Å². The Hall–Kier alpha value is -1.73. The molecular weight excluding hydrogens is 277 g/mol. The first kappa shape index (κ1) is 15.7. The SMILES string of the molecule is O=C(NCCCO[C@@H]1CCCCO1)Nc1ccc(F)cn1. The summed E-state index contributed by atoms with van der Waals surface area (Å²) in [6.45, 7) is 1.79. The number of aromatic nitrogens is 1. The number of hydrogen-bond acceptors (Lipinski definition) is 4. The van der Waals surface area contributed by atoms with Crippen LogP contribution in [0.2, 0.25) is 0 Å². The zero-order valence-corrected chi connectivity index (χ0v) is 11.8. The lowest BCUT2D eigenvalue weighted by molar-refractivity contribution is -0.162. The monoisotopic (exact) mass is 297 g/mol. The summed E-state index contributed by atoms with van der Waals surface area (Å²) in [5.41, 5.74) is 0. The third-order valence-electron chi connectivity index (χ3n) is 3.02. The molecule has 0 aromatic carbocycles. The highest BCUT2D eigenvalue weighted by Crippen LogP contribution is 2.13. The summed E-state index contributed by atoms with van der Waals surface area (Å²) in [6, 6.07) is 2.27. The smallest absolute Gasteiger partial charge is 0.320 e. The van der Waals surface area contributed by atoms with Crippen molar-refractivity contribution in [1.29, 1.82) is 0 Å². The van der Waals surface area contributed by atoms with Crippen LogP contribution >= 0.6 is 0 Å². The minimum atomic E-state index is -0.442. The molecule has 1 aliphatic heterocycles. The van der Waals surface area contributed by atoms with Crippen molar-refractivity contribution >= 4 is 11.8 Å². The van der Waals surface area contributed by atoms with E-state index in [0.29, 0.717) is 25.4 Å². The Kier molecular flexibility index (Phi) is 6.36. The van der Waals surface area contributed by atoms with Crippen molar-refractivity contribution in [2.75, 3.05) is 25.1 Å². The van der Waals surface area contributed by atoms with Gasteiger partial charge in [0.2, 0.25) is 0 Å². The second-order valence-corrected chi connectivity index (χ2v) is 4.76. The zero-order valence-electron chi connectivity index (χ0n) is 11.8. The van der Waals surface area contributed by atoms with Crippen LogP contribution in [0.4, 0.5) is 15.0 Å². The van der Waals surface area contributed by atoms with Crippen LogP contribution in [0.1, 0.15) is 25.7 Å². The highest BCUT2D eigenvalue weighted by Gasteiger charge is 2.13. The van der Waals surface area contributed by atoms with Crippen LogP contribution in [-0.4, -0.2) is 37.1 Å². The van der Waals surface area contributed by atoms with Crippen LogP contribution in [0.25, 0.3) is 0 Å². The van der Waals surface area contributed by atoms with E-state index >= 15 is 0 Å². The van der Waals surface area contributed by atoms with E-state index in [1.165, 1.54) is 12.1 Å². The largest absolute Gasteiger partial charge is 0.353 e. The number of carbonyl (C=O) groups excluding carboxylic acids is 1. The van der Waals surface area contributed by atoms with E-state index < -0.39 is 5.82 Å². The molecule has 0 aliphatic carbocycles. The fraction of sp³-hybridized carbons (Fsp3) is 0.571. The first-order valence-electron chi connectivity index (χ1n) is 7.13. The van der Waals surface area contributed by atoms with E-state index in [2.05, 4.69) is 15.6 Å². The number of nitrogens with zero attached hydrogens (tertiary/aromatic N) is 1. The van der Waals surface area contributed by atoms with Gasteiger partial charge in [0.25, 0.3) is 0 Å². The molecule has 2 heterocycles. The molecule has 21 heavy (non-hydrogen) atoms. The molecule has 116 valence electrons. The summed E-state index contributed by atoms with van der Waals surface area (Å²) >= 11 is 0. The normalized spacial score (nSPS) is 18.2. The van der Waals surface area contributed by atoms with Gasteiger partial charge in [-0.25, -0.2) is 14.2 Å². The highest BCUT2D eigenvalue weighted by molar-refractivity contribution is 5.88. The number of carbonyl (C=O) groups is 1. The predicted octanol–water partition coefficient (Wildman–Crippen LogP) is 2.28. The van der Waals surface area contributed by atoms with Crippen molar-refractivity contribution in [1.82, 2.24) is 10.3 Å². The van der Waals surface area contributed by atoms with E-state index in [-0.39, 0.29) is 12.3 Å². The summed E-state index contributed by atoms with van der Waals surface area (Å²) in [5.74, 6) is -0.135.